The third-order valence-corrected chi connectivity index (χ3v) is 10.8. The molecule has 0 N–H and O–H groups in total. The van der Waals surface area contributed by atoms with E-state index in [9.17, 15) is 16.8 Å². The zero-order chi connectivity index (χ0) is 23.3. The van der Waals surface area contributed by atoms with Gasteiger partial charge in [-0.25, -0.2) is 16.8 Å². The van der Waals surface area contributed by atoms with Crippen molar-refractivity contribution < 1.29 is 16.8 Å². The van der Waals surface area contributed by atoms with Gasteiger partial charge in [0, 0.05) is 35.7 Å². The lowest BCUT2D eigenvalue weighted by atomic mass is 10.2. The second-order valence-corrected chi connectivity index (χ2v) is 12.8. The van der Waals surface area contributed by atoms with Crippen LogP contribution in [0.5, 0.6) is 0 Å². The highest BCUT2D eigenvalue weighted by Gasteiger charge is 2.39. The van der Waals surface area contributed by atoms with Crippen LogP contribution >= 0.6 is 46.4 Å². The average molecular weight is 546 g/mol. The van der Waals surface area contributed by atoms with Gasteiger partial charge in [0.15, 0.2) is 0 Å². The molecule has 1 atom stereocenters. The van der Waals surface area contributed by atoms with Gasteiger partial charge >= 0.3 is 0 Å². The first kappa shape index (κ1) is 25.1. The van der Waals surface area contributed by atoms with Crippen LogP contribution in [0.15, 0.2) is 34.1 Å². The van der Waals surface area contributed by atoms with Gasteiger partial charge in [0.05, 0.1) is 10.0 Å². The Bertz CT molecular complexity index is 1250. The summed E-state index contributed by atoms with van der Waals surface area (Å²) in [5, 5.41) is 0.759. The molecule has 1 saturated heterocycles. The molecule has 0 amide bonds. The molecule has 12 heteroatoms. The number of benzene rings is 2. The Morgan fingerprint density at radius 3 is 1.65 bits per heavy atom. The summed E-state index contributed by atoms with van der Waals surface area (Å²) in [5.41, 5.74) is 1.15. The minimum Gasteiger partial charge on any atom is -0.207 e. The van der Waals surface area contributed by atoms with Gasteiger partial charge in [-0.15, -0.1) is 0 Å². The zero-order valence-electron chi connectivity index (χ0n) is 16.9. The molecule has 0 aromatic heterocycles. The van der Waals surface area contributed by atoms with Crippen molar-refractivity contribution in [3.8, 4) is 0 Å². The molecule has 2 aromatic rings. The van der Waals surface area contributed by atoms with Gasteiger partial charge in [0.2, 0.25) is 20.0 Å². The summed E-state index contributed by atoms with van der Waals surface area (Å²) in [6.45, 7) is 4.90. The Morgan fingerprint density at radius 1 is 0.742 bits per heavy atom. The predicted molar refractivity (Wildman–Crippen MR) is 125 cm³/mol. The van der Waals surface area contributed by atoms with E-state index < -0.39 is 26.1 Å². The minimum absolute atomic E-state index is 0.0151. The molecule has 1 aliphatic rings. The van der Waals surface area contributed by atoms with E-state index in [1.165, 1.54) is 32.9 Å². The fourth-order valence-electron chi connectivity index (χ4n) is 3.41. The van der Waals surface area contributed by atoms with Crippen LogP contribution in [0.3, 0.4) is 0 Å². The number of rotatable bonds is 4. The van der Waals surface area contributed by atoms with Gasteiger partial charge in [0.25, 0.3) is 0 Å². The fourth-order valence-corrected chi connectivity index (χ4v) is 8.15. The molecule has 170 valence electrons. The molecule has 1 aliphatic heterocycles. The quantitative estimate of drug-likeness (QED) is 0.541. The molecule has 2 aromatic carbocycles. The summed E-state index contributed by atoms with van der Waals surface area (Å²) < 4.78 is 55.3. The third kappa shape index (κ3) is 4.73. The zero-order valence-corrected chi connectivity index (χ0v) is 21.5. The second-order valence-electron chi connectivity index (χ2n) is 7.39. The van der Waals surface area contributed by atoms with Crippen molar-refractivity contribution in [1.82, 2.24) is 8.61 Å². The smallest absolute Gasteiger partial charge is 0.207 e. The number of halogens is 4. The van der Waals surface area contributed by atoms with E-state index in [-0.39, 0.29) is 39.5 Å². The molecule has 0 bridgehead atoms. The Labute approximate surface area is 202 Å². The standard InChI is InChI=1S/C19H20Cl4N2O4S2/c1-11-6-18(16(22)8-14(11)20)30(26,27)24-4-5-25(13(3)10-24)31(28,29)19-7-12(2)15(21)9-17(19)23/h6-9,13H,4-5,10H2,1-3H3. The highest BCUT2D eigenvalue weighted by molar-refractivity contribution is 7.89. The summed E-state index contributed by atoms with van der Waals surface area (Å²) in [6, 6.07) is 4.99. The molecule has 0 spiro atoms. The average Bonchev–Trinajstić information content (AvgIpc) is 2.66. The molecule has 0 radical (unpaired) electrons. The third-order valence-electron chi connectivity index (χ3n) is 5.16. The molecule has 1 unspecified atom stereocenters. The van der Waals surface area contributed by atoms with Crippen molar-refractivity contribution in [1.29, 1.82) is 0 Å². The lowest BCUT2D eigenvalue weighted by Crippen LogP contribution is -2.55. The SMILES string of the molecule is Cc1cc(S(=O)(=O)N2CCN(S(=O)(=O)c3cc(C)c(Cl)cc3Cl)C(C)C2)c(Cl)cc1Cl. The lowest BCUT2D eigenvalue weighted by molar-refractivity contribution is 0.212. The van der Waals surface area contributed by atoms with Crippen molar-refractivity contribution >= 4 is 66.5 Å². The Balaban J connectivity index is 1.90. The van der Waals surface area contributed by atoms with E-state index in [0.717, 1.165) is 0 Å². The topological polar surface area (TPSA) is 74.8 Å². The van der Waals surface area contributed by atoms with E-state index in [0.29, 0.717) is 21.2 Å². The molecule has 3 rings (SSSR count). The maximum absolute atomic E-state index is 13.2. The Kier molecular flexibility index (Phi) is 7.26. The van der Waals surface area contributed by atoms with Gasteiger partial charge in [-0.05, 0) is 56.2 Å². The predicted octanol–water partition coefficient (Wildman–Crippen LogP) is 5.00. The summed E-state index contributed by atoms with van der Waals surface area (Å²) in [5.74, 6) is 0. The second kappa shape index (κ2) is 8.99. The van der Waals surface area contributed by atoms with Crippen LogP contribution in [0.1, 0.15) is 18.1 Å². The fraction of sp³-hybridized carbons (Fsp3) is 0.368. The van der Waals surface area contributed by atoms with Gasteiger partial charge in [-0.3, -0.25) is 0 Å². The number of hydrogen-bond donors (Lipinski definition) is 0. The molecule has 6 nitrogen and oxygen atoms in total. The van der Waals surface area contributed by atoms with Crippen LogP contribution in [0.2, 0.25) is 20.1 Å². The summed E-state index contributed by atoms with van der Waals surface area (Å²) >= 11 is 24.4. The van der Waals surface area contributed by atoms with Crippen molar-refractivity contribution in [3.63, 3.8) is 0 Å². The minimum atomic E-state index is -3.96. The normalized spacial score (nSPS) is 19.0. The maximum atomic E-state index is 13.2. The highest BCUT2D eigenvalue weighted by Crippen LogP contribution is 2.34. The number of nitrogens with zero attached hydrogens (tertiary/aromatic N) is 2. The van der Waals surface area contributed by atoms with E-state index in [4.69, 9.17) is 46.4 Å². The van der Waals surface area contributed by atoms with Crippen LogP contribution in [0.25, 0.3) is 0 Å². The summed E-state index contributed by atoms with van der Waals surface area (Å²) in [7, 11) is -7.90. The first-order valence-corrected chi connectivity index (χ1v) is 13.6. The first-order chi connectivity index (χ1) is 14.3. The van der Waals surface area contributed by atoms with Gasteiger partial charge in [-0.2, -0.15) is 8.61 Å². The number of aryl methyl sites for hydroxylation is 2. The maximum Gasteiger partial charge on any atom is 0.244 e. The lowest BCUT2D eigenvalue weighted by Gasteiger charge is -2.38. The van der Waals surface area contributed by atoms with Crippen LogP contribution in [-0.4, -0.2) is 51.1 Å². The van der Waals surface area contributed by atoms with E-state index in [2.05, 4.69) is 0 Å². The van der Waals surface area contributed by atoms with Crippen LogP contribution in [-0.2, 0) is 20.0 Å². The summed E-state index contributed by atoms with van der Waals surface area (Å²) in [6.07, 6.45) is 0. The summed E-state index contributed by atoms with van der Waals surface area (Å²) in [4.78, 5) is -0.119. The van der Waals surface area contributed by atoms with E-state index >= 15 is 0 Å². The van der Waals surface area contributed by atoms with Gasteiger partial charge < -0.3 is 0 Å². The van der Waals surface area contributed by atoms with E-state index in [1.807, 2.05) is 0 Å². The van der Waals surface area contributed by atoms with E-state index in [1.54, 1.807) is 20.8 Å². The number of hydrogen-bond acceptors (Lipinski definition) is 4. The molecule has 0 saturated carbocycles. The van der Waals surface area contributed by atoms with Crippen molar-refractivity contribution in [2.75, 3.05) is 19.6 Å². The van der Waals surface area contributed by atoms with Gasteiger partial charge in [-0.1, -0.05) is 46.4 Å². The largest absolute Gasteiger partial charge is 0.244 e. The monoisotopic (exact) mass is 544 g/mol. The molecule has 1 heterocycles. The van der Waals surface area contributed by atoms with Crippen LogP contribution in [0, 0.1) is 13.8 Å². The number of sulfonamides is 2. The van der Waals surface area contributed by atoms with Crippen LogP contribution < -0.4 is 0 Å². The Hall–Kier alpha value is -0.580. The molecular weight excluding hydrogens is 526 g/mol. The highest BCUT2D eigenvalue weighted by atomic mass is 35.5. The number of piperazine rings is 1. The molecule has 1 fully saturated rings. The van der Waals surface area contributed by atoms with Crippen molar-refractivity contribution in [3.05, 3.63) is 55.5 Å². The molecular formula is C19H20Cl4N2O4S2. The molecule has 31 heavy (non-hydrogen) atoms. The van der Waals surface area contributed by atoms with Crippen molar-refractivity contribution in [2.24, 2.45) is 0 Å². The van der Waals surface area contributed by atoms with Gasteiger partial charge in [0.1, 0.15) is 9.79 Å². The molecule has 0 aliphatic carbocycles. The first-order valence-electron chi connectivity index (χ1n) is 9.20. The van der Waals surface area contributed by atoms with Crippen LogP contribution in [0.4, 0.5) is 0 Å². The Morgan fingerprint density at radius 2 is 1.19 bits per heavy atom. The van der Waals surface area contributed by atoms with Crippen molar-refractivity contribution in [2.45, 2.75) is 36.6 Å².